The number of carbonyl (C=O) groups excluding carboxylic acids is 1. The van der Waals surface area contributed by atoms with Crippen molar-refractivity contribution in [1.29, 1.82) is 5.26 Å². The fourth-order valence-corrected chi connectivity index (χ4v) is 4.74. The standard InChI is InChI=1S/C29H30FN3O2/c1-19-5-8-21(9-6-19)29-25(22-10-11-23(18-31)26(30)16-22)17-27(33(29)13-14-34)28(35)15-20-3-2-4-24(32)12-7-20/h5-6,8-11,15-17,24,34H,2-4,7,12-14,32H2,1H3/b20-15+/t24-/m1/s1. The Labute approximate surface area is 205 Å². The number of nitrogens with zero attached hydrogens (tertiary/aromatic N) is 2. The summed E-state index contributed by atoms with van der Waals surface area (Å²) in [5.74, 6) is -0.753. The summed E-state index contributed by atoms with van der Waals surface area (Å²) in [6.07, 6.45) is 6.13. The molecule has 180 valence electrons. The molecule has 0 saturated heterocycles. The Kier molecular flexibility index (Phi) is 7.60. The van der Waals surface area contributed by atoms with Crippen molar-refractivity contribution in [3.8, 4) is 28.5 Å². The summed E-state index contributed by atoms with van der Waals surface area (Å²) in [6.45, 7) is 2.06. The van der Waals surface area contributed by atoms with Crippen LogP contribution in [0.1, 0.15) is 53.7 Å². The molecule has 4 rings (SSSR count). The van der Waals surface area contributed by atoms with Crippen LogP contribution in [0.2, 0.25) is 0 Å². The van der Waals surface area contributed by atoms with E-state index in [9.17, 15) is 14.3 Å². The molecule has 0 spiro atoms. The van der Waals surface area contributed by atoms with Gasteiger partial charge in [0.25, 0.3) is 0 Å². The maximum Gasteiger partial charge on any atom is 0.202 e. The van der Waals surface area contributed by atoms with E-state index in [0.717, 1.165) is 54.5 Å². The van der Waals surface area contributed by atoms with E-state index in [4.69, 9.17) is 11.0 Å². The van der Waals surface area contributed by atoms with Crippen LogP contribution in [0.25, 0.3) is 22.4 Å². The van der Waals surface area contributed by atoms with Crippen LogP contribution in [-0.2, 0) is 6.54 Å². The number of aromatic nitrogens is 1. The number of benzene rings is 2. The molecule has 3 N–H and O–H groups in total. The SMILES string of the molecule is Cc1ccc(-c2c(-c3ccc(C#N)c(F)c3)cc(C(=O)/C=C3\CCC[C@@H](N)CC3)n2CCO)cc1. The van der Waals surface area contributed by atoms with Gasteiger partial charge in [0.1, 0.15) is 11.9 Å². The van der Waals surface area contributed by atoms with Gasteiger partial charge in [0, 0.05) is 18.2 Å². The van der Waals surface area contributed by atoms with Gasteiger partial charge in [0.2, 0.25) is 5.78 Å². The molecule has 35 heavy (non-hydrogen) atoms. The summed E-state index contributed by atoms with van der Waals surface area (Å²) < 4.78 is 16.4. The van der Waals surface area contributed by atoms with Crippen molar-refractivity contribution in [3.05, 3.63) is 82.8 Å². The van der Waals surface area contributed by atoms with Crippen molar-refractivity contribution in [1.82, 2.24) is 4.57 Å². The highest BCUT2D eigenvalue weighted by Gasteiger charge is 2.23. The van der Waals surface area contributed by atoms with E-state index in [0.29, 0.717) is 16.8 Å². The van der Waals surface area contributed by atoms with Gasteiger partial charge in [0.05, 0.1) is 23.6 Å². The Balaban J connectivity index is 1.88. The Morgan fingerprint density at radius 2 is 1.91 bits per heavy atom. The van der Waals surface area contributed by atoms with Crippen molar-refractivity contribution in [2.45, 2.75) is 51.6 Å². The zero-order chi connectivity index (χ0) is 24.9. The van der Waals surface area contributed by atoms with E-state index in [1.807, 2.05) is 41.8 Å². The molecular formula is C29H30FN3O2. The van der Waals surface area contributed by atoms with Crippen LogP contribution in [0.4, 0.5) is 4.39 Å². The monoisotopic (exact) mass is 471 g/mol. The van der Waals surface area contributed by atoms with Crippen LogP contribution in [0.15, 0.2) is 60.2 Å². The fourth-order valence-electron chi connectivity index (χ4n) is 4.74. The molecule has 0 aliphatic heterocycles. The number of ketones is 1. The number of aliphatic hydroxyl groups excluding tert-OH is 1. The summed E-state index contributed by atoms with van der Waals surface area (Å²) in [5.41, 5.74) is 11.5. The lowest BCUT2D eigenvalue weighted by Crippen LogP contribution is -2.17. The lowest BCUT2D eigenvalue weighted by atomic mass is 9.99. The van der Waals surface area contributed by atoms with Gasteiger partial charge in [-0.2, -0.15) is 5.26 Å². The number of nitriles is 1. The minimum Gasteiger partial charge on any atom is -0.395 e. The molecule has 3 aromatic rings. The predicted octanol–water partition coefficient (Wildman–Crippen LogP) is 5.53. The van der Waals surface area contributed by atoms with Crippen molar-refractivity contribution in [2.75, 3.05) is 6.61 Å². The molecule has 1 saturated carbocycles. The molecule has 0 amide bonds. The molecule has 1 atom stereocenters. The zero-order valence-electron chi connectivity index (χ0n) is 19.9. The number of rotatable bonds is 6. The summed E-state index contributed by atoms with van der Waals surface area (Å²) in [5, 5.41) is 19.0. The van der Waals surface area contributed by atoms with E-state index in [1.54, 1.807) is 18.2 Å². The van der Waals surface area contributed by atoms with E-state index < -0.39 is 5.82 Å². The molecule has 0 unspecified atom stereocenters. The van der Waals surface area contributed by atoms with Crippen LogP contribution in [-0.4, -0.2) is 28.1 Å². The summed E-state index contributed by atoms with van der Waals surface area (Å²) in [7, 11) is 0. The largest absolute Gasteiger partial charge is 0.395 e. The maximum atomic E-state index is 14.6. The highest BCUT2D eigenvalue weighted by molar-refractivity contribution is 6.06. The first-order valence-electron chi connectivity index (χ1n) is 12.0. The van der Waals surface area contributed by atoms with Crippen LogP contribution >= 0.6 is 0 Å². The Morgan fingerprint density at radius 3 is 2.60 bits per heavy atom. The van der Waals surface area contributed by atoms with Crippen LogP contribution in [0.3, 0.4) is 0 Å². The molecule has 1 aromatic heterocycles. The Hall–Kier alpha value is -3.53. The average molecular weight is 472 g/mol. The summed E-state index contributed by atoms with van der Waals surface area (Å²) >= 11 is 0. The predicted molar refractivity (Wildman–Crippen MR) is 135 cm³/mol. The van der Waals surface area contributed by atoms with Crippen LogP contribution in [0, 0.1) is 24.1 Å². The third-order valence-electron chi connectivity index (χ3n) is 6.64. The molecule has 1 aliphatic carbocycles. The number of nitrogens with two attached hydrogens (primary N) is 1. The van der Waals surface area contributed by atoms with Gasteiger partial charge in [-0.15, -0.1) is 0 Å². The van der Waals surface area contributed by atoms with Gasteiger partial charge in [-0.25, -0.2) is 4.39 Å². The topological polar surface area (TPSA) is 92.0 Å². The molecule has 5 nitrogen and oxygen atoms in total. The number of aliphatic hydroxyl groups is 1. The molecule has 1 fully saturated rings. The maximum absolute atomic E-state index is 14.6. The van der Waals surface area contributed by atoms with Gasteiger partial charge in [-0.3, -0.25) is 4.79 Å². The van der Waals surface area contributed by atoms with E-state index in [2.05, 4.69) is 0 Å². The number of halogens is 1. The van der Waals surface area contributed by atoms with E-state index in [1.165, 1.54) is 12.1 Å². The lowest BCUT2D eigenvalue weighted by molar-refractivity contribution is 0.103. The lowest BCUT2D eigenvalue weighted by Gasteiger charge is -2.14. The normalized spacial score (nSPS) is 17.2. The molecule has 0 radical (unpaired) electrons. The Morgan fingerprint density at radius 1 is 1.17 bits per heavy atom. The van der Waals surface area contributed by atoms with Crippen LogP contribution in [0.5, 0.6) is 0 Å². The van der Waals surface area contributed by atoms with Crippen molar-refractivity contribution in [2.24, 2.45) is 5.73 Å². The fraction of sp³-hybridized carbons (Fsp3) is 0.310. The molecule has 1 heterocycles. The molecular weight excluding hydrogens is 441 g/mol. The second-order valence-electron chi connectivity index (χ2n) is 9.20. The van der Waals surface area contributed by atoms with Gasteiger partial charge >= 0.3 is 0 Å². The van der Waals surface area contributed by atoms with Gasteiger partial charge in [0.15, 0.2) is 0 Å². The zero-order valence-corrected chi connectivity index (χ0v) is 19.9. The third-order valence-corrected chi connectivity index (χ3v) is 6.64. The highest BCUT2D eigenvalue weighted by atomic mass is 19.1. The number of carbonyl (C=O) groups is 1. The van der Waals surface area contributed by atoms with Crippen molar-refractivity contribution < 1.29 is 14.3 Å². The van der Waals surface area contributed by atoms with Crippen LogP contribution < -0.4 is 5.73 Å². The second kappa shape index (κ2) is 10.8. The van der Waals surface area contributed by atoms with Crippen molar-refractivity contribution in [3.63, 3.8) is 0 Å². The number of hydrogen-bond donors (Lipinski definition) is 2. The number of aryl methyl sites for hydroxylation is 1. The van der Waals surface area contributed by atoms with Gasteiger partial charge < -0.3 is 15.4 Å². The molecule has 2 aromatic carbocycles. The average Bonchev–Trinajstić information content (AvgIpc) is 3.10. The number of allylic oxidation sites excluding steroid dienone is 2. The highest BCUT2D eigenvalue weighted by Crippen LogP contribution is 2.37. The quantitative estimate of drug-likeness (QED) is 0.281. The van der Waals surface area contributed by atoms with Gasteiger partial charge in [-0.1, -0.05) is 41.5 Å². The smallest absolute Gasteiger partial charge is 0.202 e. The summed E-state index contributed by atoms with van der Waals surface area (Å²) in [4.78, 5) is 13.5. The first kappa shape index (κ1) is 24.6. The first-order chi connectivity index (χ1) is 16.9. The van der Waals surface area contributed by atoms with Gasteiger partial charge in [-0.05, 0) is 74.4 Å². The molecule has 6 heteroatoms. The summed E-state index contributed by atoms with van der Waals surface area (Å²) in [6, 6.07) is 16.1. The molecule has 0 bridgehead atoms. The molecule has 1 aliphatic rings. The minimum atomic E-state index is -0.612. The minimum absolute atomic E-state index is 0.0342. The second-order valence-corrected chi connectivity index (χ2v) is 9.20. The van der Waals surface area contributed by atoms with E-state index >= 15 is 0 Å². The number of hydrogen-bond acceptors (Lipinski definition) is 4. The van der Waals surface area contributed by atoms with E-state index in [-0.39, 0.29) is 30.5 Å². The first-order valence-corrected chi connectivity index (χ1v) is 12.0. The van der Waals surface area contributed by atoms with Crippen molar-refractivity contribution >= 4 is 5.78 Å². The third kappa shape index (κ3) is 5.43. The Bertz CT molecular complexity index is 1300.